The first kappa shape index (κ1) is 14.0. The van der Waals surface area contributed by atoms with Crippen LogP contribution >= 0.6 is 27.5 Å². The molecule has 0 unspecified atom stereocenters. The molecule has 4 nitrogen and oxygen atoms in total. The molecule has 3 aromatic rings. The third-order valence-corrected chi connectivity index (χ3v) is 3.68. The van der Waals surface area contributed by atoms with Crippen LogP contribution in [0.15, 0.2) is 53.3 Å². The fraction of sp³-hybridized carbons (Fsp3) is 0. The van der Waals surface area contributed by atoms with Gasteiger partial charge in [-0.15, -0.1) is 0 Å². The lowest BCUT2D eigenvalue weighted by Crippen LogP contribution is -2.13. The number of fused-ring (bicyclic) bond motifs is 1. The van der Waals surface area contributed by atoms with Gasteiger partial charge in [0, 0.05) is 27.8 Å². The van der Waals surface area contributed by atoms with Crippen LogP contribution in [0, 0.1) is 0 Å². The minimum atomic E-state index is -0.254. The third kappa shape index (κ3) is 2.89. The zero-order valence-electron chi connectivity index (χ0n) is 10.7. The highest BCUT2D eigenvalue weighted by Crippen LogP contribution is 2.24. The summed E-state index contributed by atoms with van der Waals surface area (Å²) in [6, 6.07) is 10.8. The minimum Gasteiger partial charge on any atom is -0.319 e. The highest BCUT2D eigenvalue weighted by Gasteiger charge is 2.12. The number of rotatable bonds is 2. The number of nitrogens with zero attached hydrogens (tertiary/aromatic N) is 2. The molecule has 0 fully saturated rings. The van der Waals surface area contributed by atoms with E-state index >= 15 is 0 Å². The standard InChI is InChI=1S/C15H9BrClN3O/c16-9-7-13(14(17)19-8-9)20-15(21)11-3-1-5-12-10(11)4-2-6-18-12/h1-8H,(H,20,21). The number of anilines is 1. The van der Waals surface area contributed by atoms with Gasteiger partial charge in [0.2, 0.25) is 0 Å². The average Bonchev–Trinajstić information content (AvgIpc) is 2.50. The lowest BCUT2D eigenvalue weighted by atomic mass is 10.1. The maximum absolute atomic E-state index is 12.5. The normalized spacial score (nSPS) is 10.6. The van der Waals surface area contributed by atoms with Crippen molar-refractivity contribution in [3.05, 3.63) is 64.0 Å². The average molecular weight is 363 g/mol. The van der Waals surface area contributed by atoms with Crippen LogP contribution in [0.1, 0.15) is 10.4 Å². The molecule has 3 rings (SSSR count). The summed E-state index contributed by atoms with van der Waals surface area (Å²) in [5.74, 6) is -0.254. The lowest BCUT2D eigenvalue weighted by molar-refractivity contribution is 0.102. The summed E-state index contributed by atoms with van der Waals surface area (Å²) >= 11 is 9.29. The van der Waals surface area contributed by atoms with Gasteiger partial charge in [-0.3, -0.25) is 9.78 Å². The van der Waals surface area contributed by atoms with Crippen molar-refractivity contribution in [2.24, 2.45) is 0 Å². The fourth-order valence-corrected chi connectivity index (χ4v) is 2.48. The van der Waals surface area contributed by atoms with Crippen LogP contribution in [0.25, 0.3) is 10.9 Å². The Kier molecular flexibility index (Phi) is 3.86. The van der Waals surface area contributed by atoms with Crippen molar-refractivity contribution < 1.29 is 4.79 Å². The topological polar surface area (TPSA) is 54.9 Å². The molecular weight excluding hydrogens is 354 g/mol. The van der Waals surface area contributed by atoms with Gasteiger partial charge in [-0.1, -0.05) is 23.7 Å². The SMILES string of the molecule is O=C(Nc1cc(Br)cnc1Cl)c1cccc2ncccc12. The molecule has 21 heavy (non-hydrogen) atoms. The molecular formula is C15H9BrClN3O. The highest BCUT2D eigenvalue weighted by molar-refractivity contribution is 9.10. The van der Waals surface area contributed by atoms with Crippen molar-refractivity contribution in [1.29, 1.82) is 0 Å². The van der Waals surface area contributed by atoms with Crippen LogP contribution in [0.2, 0.25) is 5.15 Å². The molecule has 1 N–H and O–H groups in total. The van der Waals surface area contributed by atoms with Gasteiger partial charge >= 0.3 is 0 Å². The Morgan fingerprint density at radius 1 is 1.19 bits per heavy atom. The van der Waals surface area contributed by atoms with E-state index in [0.29, 0.717) is 11.3 Å². The van der Waals surface area contributed by atoms with Gasteiger partial charge in [0.25, 0.3) is 5.91 Å². The van der Waals surface area contributed by atoms with Crippen LogP contribution in [-0.4, -0.2) is 15.9 Å². The van der Waals surface area contributed by atoms with Crippen molar-refractivity contribution in [1.82, 2.24) is 9.97 Å². The Labute approximate surface area is 134 Å². The van der Waals surface area contributed by atoms with Gasteiger partial charge in [0.05, 0.1) is 11.2 Å². The minimum absolute atomic E-state index is 0.241. The Balaban J connectivity index is 1.99. The number of benzene rings is 1. The fourth-order valence-electron chi connectivity index (χ4n) is 2.00. The van der Waals surface area contributed by atoms with Crippen molar-refractivity contribution in [3.8, 4) is 0 Å². The molecule has 6 heteroatoms. The molecule has 0 bridgehead atoms. The maximum atomic E-state index is 12.5. The molecule has 2 heterocycles. The third-order valence-electron chi connectivity index (χ3n) is 2.94. The molecule has 0 spiro atoms. The number of hydrogen-bond donors (Lipinski definition) is 1. The van der Waals surface area contributed by atoms with Crippen LogP contribution in [0.5, 0.6) is 0 Å². The summed E-state index contributed by atoms with van der Waals surface area (Å²) in [4.78, 5) is 20.7. The molecule has 0 aliphatic carbocycles. The second kappa shape index (κ2) is 5.79. The zero-order chi connectivity index (χ0) is 14.8. The smallest absolute Gasteiger partial charge is 0.256 e. The van der Waals surface area contributed by atoms with Crippen LogP contribution in [-0.2, 0) is 0 Å². The largest absolute Gasteiger partial charge is 0.319 e. The van der Waals surface area contributed by atoms with Gasteiger partial charge < -0.3 is 5.32 Å². The van der Waals surface area contributed by atoms with Gasteiger partial charge in [-0.2, -0.15) is 0 Å². The highest BCUT2D eigenvalue weighted by atomic mass is 79.9. The van der Waals surface area contributed by atoms with E-state index in [1.165, 1.54) is 0 Å². The van der Waals surface area contributed by atoms with E-state index in [-0.39, 0.29) is 11.1 Å². The summed E-state index contributed by atoms with van der Waals surface area (Å²) < 4.78 is 0.738. The first-order valence-corrected chi connectivity index (χ1v) is 7.28. The van der Waals surface area contributed by atoms with E-state index in [2.05, 4.69) is 31.2 Å². The number of carbonyl (C=O) groups excluding carboxylic acids is 1. The van der Waals surface area contributed by atoms with Crippen LogP contribution in [0.3, 0.4) is 0 Å². The Bertz CT molecular complexity index is 833. The van der Waals surface area contributed by atoms with E-state index in [0.717, 1.165) is 15.4 Å². The Morgan fingerprint density at radius 3 is 2.90 bits per heavy atom. The molecule has 2 aromatic heterocycles. The molecule has 0 aliphatic heterocycles. The predicted molar refractivity (Wildman–Crippen MR) is 86.6 cm³/mol. The summed E-state index contributed by atoms with van der Waals surface area (Å²) in [5, 5.41) is 3.80. The van der Waals surface area contributed by atoms with Gasteiger partial charge in [-0.25, -0.2) is 4.98 Å². The molecule has 0 radical (unpaired) electrons. The summed E-state index contributed by atoms with van der Waals surface area (Å²) in [7, 11) is 0. The van der Waals surface area contributed by atoms with E-state index < -0.39 is 0 Å². The van der Waals surface area contributed by atoms with Gasteiger partial charge in [0.15, 0.2) is 5.15 Å². The van der Waals surface area contributed by atoms with Crippen molar-refractivity contribution >= 4 is 50.0 Å². The van der Waals surface area contributed by atoms with E-state index in [1.807, 2.05) is 12.1 Å². The summed E-state index contributed by atoms with van der Waals surface area (Å²) in [5.41, 5.74) is 1.76. The quantitative estimate of drug-likeness (QED) is 0.692. The van der Waals surface area contributed by atoms with Crippen molar-refractivity contribution in [2.75, 3.05) is 5.32 Å². The molecule has 0 atom stereocenters. The van der Waals surface area contributed by atoms with Crippen molar-refractivity contribution in [2.45, 2.75) is 0 Å². The second-order valence-electron chi connectivity index (χ2n) is 4.32. The van der Waals surface area contributed by atoms with E-state index in [4.69, 9.17) is 11.6 Å². The van der Waals surface area contributed by atoms with Gasteiger partial charge in [0.1, 0.15) is 0 Å². The van der Waals surface area contributed by atoms with E-state index in [9.17, 15) is 4.79 Å². The number of halogens is 2. The predicted octanol–water partition coefficient (Wildman–Crippen LogP) is 4.30. The monoisotopic (exact) mass is 361 g/mol. The summed E-state index contributed by atoms with van der Waals surface area (Å²) in [6.07, 6.45) is 3.26. The molecule has 104 valence electrons. The molecule has 0 saturated heterocycles. The molecule has 1 aromatic carbocycles. The number of aromatic nitrogens is 2. The molecule has 1 amide bonds. The van der Waals surface area contributed by atoms with Crippen molar-refractivity contribution in [3.63, 3.8) is 0 Å². The molecule has 0 saturated carbocycles. The summed E-state index contributed by atoms with van der Waals surface area (Å²) in [6.45, 7) is 0. The number of hydrogen-bond acceptors (Lipinski definition) is 3. The number of nitrogens with one attached hydrogen (secondary N) is 1. The first-order chi connectivity index (χ1) is 10.1. The van der Waals surface area contributed by atoms with E-state index in [1.54, 1.807) is 36.7 Å². The first-order valence-electron chi connectivity index (χ1n) is 6.11. The lowest BCUT2D eigenvalue weighted by Gasteiger charge is -2.09. The van der Waals surface area contributed by atoms with Crippen LogP contribution < -0.4 is 5.32 Å². The number of carbonyl (C=O) groups is 1. The zero-order valence-corrected chi connectivity index (χ0v) is 13.0. The van der Waals surface area contributed by atoms with Gasteiger partial charge in [-0.05, 0) is 40.2 Å². The Hall–Kier alpha value is -1.98. The maximum Gasteiger partial charge on any atom is 0.256 e. The second-order valence-corrected chi connectivity index (χ2v) is 5.60. The Morgan fingerprint density at radius 2 is 2.05 bits per heavy atom. The number of pyridine rings is 2. The van der Waals surface area contributed by atoms with Crippen LogP contribution in [0.4, 0.5) is 5.69 Å². The number of amides is 1. The molecule has 0 aliphatic rings.